The van der Waals surface area contributed by atoms with Crippen LogP contribution < -0.4 is 0 Å². The van der Waals surface area contributed by atoms with E-state index in [4.69, 9.17) is 5.11 Å². The Morgan fingerprint density at radius 3 is 3.00 bits per heavy atom. The second-order valence-electron chi connectivity index (χ2n) is 3.52. The summed E-state index contributed by atoms with van der Waals surface area (Å²) in [6, 6.07) is 0. The summed E-state index contributed by atoms with van der Waals surface area (Å²) in [7, 11) is 0. The Kier molecular flexibility index (Phi) is 5.11. The van der Waals surface area contributed by atoms with Gasteiger partial charge in [0, 0.05) is 11.8 Å². The standard InChI is InChI=1S/C11H15NO3S/c1-2-8(11(14)15)9-7-16-10(12-9)5-3-4-6-13/h6-8H,2-5H2,1H3,(H,14,15). The van der Waals surface area contributed by atoms with Crippen molar-refractivity contribution < 1.29 is 14.7 Å². The molecule has 0 aliphatic rings. The van der Waals surface area contributed by atoms with E-state index in [2.05, 4.69) is 4.98 Å². The monoisotopic (exact) mass is 241 g/mol. The quantitative estimate of drug-likeness (QED) is 0.587. The molecule has 88 valence electrons. The number of carbonyl (C=O) groups excluding carboxylic acids is 1. The first-order valence-electron chi connectivity index (χ1n) is 5.29. The van der Waals surface area contributed by atoms with Crippen LogP contribution in [0.1, 0.15) is 42.8 Å². The maximum absolute atomic E-state index is 10.9. The highest BCUT2D eigenvalue weighted by Gasteiger charge is 2.20. The first kappa shape index (κ1) is 12.8. The van der Waals surface area contributed by atoms with E-state index in [1.54, 1.807) is 5.38 Å². The summed E-state index contributed by atoms with van der Waals surface area (Å²) >= 11 is 1.47. The van der Waals surface area contributed by atoms with Crippen LogP contribution in [-0.4, -0.2) is 22.3 Å². The maximum Gasteiger partial charge on any atom is 0.312 e. The van der Waals surface area contributed by atoms with E-state index >= 15 is 0 Å². The predicted molar refractivity (Wildman–Crippen MR) is 61.8 cm³/mol. The van der Waals surface area contributed by atoms with Crippen molar-refractivity contribution in [2.45, 2.75) is 38.5 Å². The molecule has 0 aliphatic carbocycles. The number of hydrogen-bond acceptors (Lipinski definition) is 4. The Hall–Kier alpha value is -1.23. The van der Waals surface area contributed by atoms with E-state index in [0.717, 1.165) is 24.1 Å². The zero-order chi connectivity index (χ0) is 12.0. The largest absolute Gasteiger partial charge is 0.481 e. The second kappa shape index (κ2) is 6.37. The second-order valence-corrected chi connectivity index (χ2v) is 4.47. The molecule has 0 saturated carbocycles. The average molecular weight is 241 g/mol. The number of aldehydes is 1. The van der Waals surface area contributed by atoms with Gasteiger partial charge in [-0.05, 0) is 19.3 Å². The minimum Gasteiger partial charge on any atom is -0.481 e. The van der Waals surface area contributed by atoms with Gasteiger partial charge in [-0.3, -0.25) is 4.79 Å². The van der Waals surface area contributed by atoms with Gasteiger partial charge in [-0.25, -0.2) is 4.98 Å². The number of aliphatic carboxylic acids is 1. The molecule has 4 nitrogen and oxygen atoms in total. The van der Waals surface area contributed by atoms with Crippen LogP contribution in [0.15, 0.2) is 5.38 Å². The van der Waals surface area contributed by atoms with Gasteiger partial charge in [-0.1, -0.05) is 6.92 Å². The number of carboxylic acid groups (broad SMARTS) is 1. The van der Waals surface area contributed by atoms with Gasteiger partial charge in [0.1, 0.15) is 6.29 Å². The molecule has 0 aliphatic heterocycles. The van der Waals surface area contributed by atoms with E-state index in [1.807, 2.05) is 6.92 Å². The zero-order valence-electron chi connectivity index (χ0n) is 9.18. The maximum atomic E-state index is 10.9. The lowest BCUT2D eigenvalue weighted by atomic mass is 10.0. The van der Waals surface area contributed by atoms with Gasteiger partial charge >= 0.3 is 5.97 Å². The molecule has 0 radical (unpaired) electrons. The van der Waals surface area contributed by atoms with Crippen LogP contribution in [0.3, 0.4) is 0 Å². The molecule has 0 aromatic carbocycles. The Bertz CT molecular complexity index is 362. The third-order valence-corrected chi connectivity index (χ3v) is 3.27. The normalized spacial score (nSPS) is 12.3. The van der Waals surface area contributed by atoms with Crippen molar-refractivity contribution in [2.75, 3.05) is 0 Å². The fraction of sp³-hybridized carbons (Fsp3) is 0.545. The summed E-state index contributed by atoms with van der Waals surface area (Å²) in [5.41, 5.74) is 0.640. The lowest BCUT2D eigenvalue weighted by molar-refractivity contribution is -0.138. The topological polar surface area (TPSA) is 67.3 Å². The third kappa shape index (κ3) is 3.41. The van der Waals surface area contributed by atoms with Gasteiger partial charge in [0.15, 0.2) is 0 Å². The highest BCUT2D eigenvalue weighted by atomic mass is 32.1. The summed E-state index contributed by atoms with van der Waals surface area (Å²) in [6.07, 6.45) is 3.50. The van der Waals surface area contributed by atoms with Crippen LogP contribution in [0.4, 0.5) is 0 Å². The van der Waals surface area contributed by atoms with Crippen molar-refractivity contribution in [1.82, 2.24) is 4.98 Å². The van der Waals surface area contributed by atoms with Crippen LogP contribution in [0.5, 0.6) is 0 Å². The van der Waals surface area contributed by atoms with Gasteiger partial charge in [-0.2, -0.15) is 0 Å². The Balaban J connectivity index is 2.62. The van der Waals surface area contributed by atoms with Gasteiger partial charge in [-0.15, -0.1) is 11.3 Å². The lowest BCUT2D eigenvalue weighted by Gasteiger charge is -2.04. The first-order chi connectivity index (χ1) is 7.69. The lowest BCUT2D eigenvalue weighted by Crippen LogP contribution is -2.10. The third-order valence-electron chi connectivity index (χ3n) is 2.35. The highest BCUT2D eigenvalue weighted by molar-refractivity contribution is 7.09. The molecule has 1 aromatic heterocycles. The molecular formula is C11H15NO3S. The number of unbranched alkanes of at least 4 members (excludes halogenated alkanes) is 1. The van der Waals surface area contributed by atoms with Crippen molar-refractivity contribution in [3.8, 4) is 0 Å². The molecule has 1 N–H and O–H groups in total. The van der Waals surface area contributed by atoms with Crippen LogP contribution in [0.25, 0.3) is 0 Å². The molecule has 0 spiro atoms. The van der Waals surface area contributed by atoms with Crippen LogP contribution in [-0.2, 0) is 16.0 Å². The highest BCUT2D eigenvalue weighted by Crippen LogP contribution is 2.22. The van der Waals surface area contributed by atoms with Gasteiger partial charge < -0.3 is 9.90 Å². The minimum absolute atomic E-state index is 0.504. The predicted octanol–water partition coefficient (Wildman–Crippen LogP) is 2.24. The summed E-state index contributed by atoms with van der Waals surface area (Å²) in [4.78, 5) is 25.4. The van der Waals surface area contributed by atoms with E-state index in [0.29, 0.717) is 18.5 Å². The Labute approximate surface area is 98.3 Å². The van der Waals surface area contributed by atoms with E-state index in [9.17, 15) is 9.59 Å². The molecule has 1 heterocycles. The Morgan fingerprint density at radius 2 is 2.44 bits per heavy atom. The SMILES string of the molecule is CCC(C(=O)O)c1csc(CCCC=O)n1. The molecule has 0 bridgehead atoms. The van der Waals surface area contributed by atoms with E-state index in [1.165, 1.54) is 11.3 Å². The van der Waals surface area contributed by atoms with Crippen molar-refractivity contribution in [3.05, 3.63) is 16.1 Å². The molecule has 0 saturated heterocycles. The van der Waals surface area contributed by atoms with Crippen molar-refractivity contribution in [1.29, 1.82) is 0 Å². The number of carbonyl (C=O) groups is 2. The van der Waals surface area contributed by atoms with Crippen LogP contribution in [0.2, 0.25) is 0 Å². The molecule has 1 unspecified atom stereocenters. The summed E-state index contributed by atoms with van der Waals surface area (Å²) in [6.45, 7) is 1.84. The smallest absolute Gasteiger partial charge is 0.312 e. The number of thiazole rings is 1. The summed E-state index contributed by atoms with van der Waals surface area (Å²) in [5, 5.41) is 11.7. The molecule has 0 amide bonds. The van der Waals surface area contributed by atoms with E-state index < -0.39 is 11.9 Å². The molecule has 16 heavy (non-hydrogen) atoms. The number of carboxylic acids is 1. The van der Waals surface area contributed by atoms with Crippen molar-refractivity contribution >= 4 is 23.6 Å². The fourth-order valence-corrected chi connectivity index (χ4v) is 2.34. The summed E-state index contributed by atoms with van der Waals surface area (Å²) in [5.74, 6) is -1.33. The molecule has 1 aromatic rings. The molecular weight excluding hydrogens is 226 g/mol. The number of rotatable bonds is 7. The number of aromatic nitrogens is 1. The summed E-state index contributed by atoms with van der Waals surface area (Å²) < 4.78 is 0. The Morgan fingerprint density at radius 1 is 1.69 bits per heavy atom. The van der Waals surface area contributed by atoms with Gasteiger partial charge in [0.25, 0.3) is 0 Å². The van der Waals surface area contributed by atoms with Crippen molar-refractivity contribution in [3.63, 3.8) is 0 Å². The minimum atomic E-state index is -0.827. The van der Waals surface area contributed by atoms with E-state index in [-0.39, 0.29) is 0 Å². The first-order valence-corrected chi connectivity index (χ1v) is 6.17. The van der Waals surface area contributed by atoms with Crippen LogP contribution in [0, 0.1) is 0 Å². The number of hydrogen-bond donors (Lipinski definition) is 1. The number of aryl methyl sites for hydroxylation is 1. The van der Waals surface area contributed by atoms with Crippen LogP contribution >= 0.6 is 11.3 Å². The zero-order valence-corrected chi connectivity index (χ0v) is 10.00. The molecule has 1 rings (SSSR count). The fourth-order valence-electron chi connectivity index (χ4n) is 1.45. The molecule has 5 heteroatoms. The van der Waals surface area contributed by atoms with Gasteiger partial charge in [0.05, 0.1) is 16.6 Å². The average Bonchev–Trinajstić information content (AvgIpc) is 2.67. The van der Waals surface area contributed by atoms with Crippen molar-refractivity contribution in [2.24, 2.45) is 0 Å². The molecule has 0 fully saturated rings. The molecule has 1 atom stereocenters. The van der Waals surface area contributed by atoms with Gasteiger partial charge in [0.2, 0.25) is 0 Å². The number of nitrogens with zero attached hydrogens (tertiary/aromatic N) is 1.